The molecule has 66 valence electrons. The van der Waals surface area contributed by atoms with Crippen molar-refractivity contribution in [2.75, 3.05) is 6.54 Å². The molecule has 1 heterocycles. The number of carbonyl (C=O) groups is 1. The molecule has 1 aliphatic carbocycles. The smallest absolute Gasteiger partial charge is 0.223 e. The Hall–Kier alpha value is -0.790. The topological polar surface area (TPSA) is 20.3 Å². The Bertz CT molecular complexity index is 210. The van der Waals surface area contributed by atoms with Crippen molar-refractivity contribution in [1.29, 1.82) is 0 Å². The number of amides is 1. The predicted octanol–water partition coefficient (Wildman–Crippen LogP) is 1.72. The van der Waals surface area contributed by atoms with Gasteiger partial charge >= 0.3 is 0 Å². The van der Waals surface area contributed by atoms with Gasteiger partial charge in [-0.25, -0.2) is 0 Å². The third kappa shape index (κ3) is 1.38. The quantitative estimate of drug-likeness (QED) is 0.542. The second kappa shape index (κ2) is 3.30. The summed E-state index contributed by atoms with van der Waals surface area (Å²) >= 11 is 0. The van der Waals surface area contributed by atoms with E-state index >= 15 is 0 Å². The van der Waals surface area contributed by atoms with Crippen molar-refractivity contribution in [3.63, 3.8) is 0 Å². The highest BCUT2D eigenvalue weighted by atomic mass is 16.2. The molecule has 1 atom stereocenters. The van der Waals surface area contributed by atoms with Gasteiger partial charge in [0.25, 0.3) is 0 Å². The maximum absolute atomic E-state index is 11.4. The van der Waals surface area contributed by atoms with Crippen LogP contribution in [0.25, 0.3) is 0 Å². The molecule has 2 nitrogen and oxygen atoms in total. The minimum atomic E-state index is 0.353. The van der Waals surface area contributed by atoms with Crippen LogP contribution in [0.3, 0.4) is 0 Å². The van der Waals surface area contributed by atoms with Gasteiger partial charge in [-0.1, -0.05) is 12.2 Å². The Labute approximate surface area is 73.2 Å². The summed E-state index contributed by atoms with van der Waals surface area (Å²) in [4.78, 5) is 13.4. The SMILES string of the molecule is O=C1CCCN1C1C=CCCC1. The van der Waals surface area contributed by atoms with E-state index in [9.17, 15) is 4.79 Å². The molecule has 0 bridgehead atoms. The third-order valence-electron chi connectivity index (χ3n) is 2.74. The van der Waals surface area contributed by atoms with E-state index in [0.29, 0.717) is 11.9 Å². The molecule has 2 aliphatic rings. The zero-order chi connectivity index (χ0) is 8.39. The zero-order valence-corrected chi connectivity index (χ0v) is 7.33. The van der Waals surface area contributed by atoms with Gasteiger partial charge in [-0.15, -0.1) is 0 Å². The van der Waals surface area contributed by atoms with E-state index in [1.807, 2.05) is 4.90 Å². The highest BCUT2D eigenvalue weighted by molar-refractivity contribution is 5.78. The van der Waals surface area contributed by atoms with E-state index in [1.165, 1.54) is 19.3 Å². The first kappa shape index (κ1) is 7.84. The molecule has 0 N–H and O–H groups in total. The molecule has 0 aromatic rings. The van der Waals surface area contributed by atoms with Crippen LogP contribution in [0.2, 0.25) is 0 Å². The molecule has 1 amide bonds. The number of hydrogen-bond acceptors (Lipinski definition) is 1. The summed E-state index contributed by atoms with van der Waals surface area (Å²) in [5.41, 5.74) is 0. The number of nitrogens with zero attached hydrogens (tertiary/aromatic N) is 1. The molecular formula is C10H15NO. The lowest BCUT2D eigenvalue weighted by atomic mass is 10.0. The van der Waals surface area contributed by atoms with Crippen molar-refractivity contribution in [1.82, 2.24) is 4.90 Å². The normalized spacial score (nSPS) is 29.8. The van der Waals surface area contributed by atoms with Crippen LogP contribution in [0.1, 0.15) is 32.1 Å². The van der Waals surface area contributed by atoms with E-state index < -0.39 is 0 Å². The van der Waals surface area contributed by atoms with Crippen molar-refractivity contribution < 1.29 is 4.79 Å². The van der Waals surface area contributed by atoms with Gasteiger partial charge in [0, 0.05) is 19.0 Å². The lowest BCUT2D eigenvalue weighted by molar-refractivity contribution is -0.129. The fraction of sp³-hybridized carbons (Fsp3) is 0.700. The first-order chi connectivity index (χ1) is 5.88. The lowest BCUT2D eigenvalue weighted by Gasteiger charge is -2.27. The van der Waals surface area contributed by atoms with Crippen LogP contribution >= 0.6 is 0 Å². The predicted molar refractivity (Wildman–Crippen MR) is 47.7 cm³/mol. The number of carbonyl (C=O) groups excluding carboxylic acids is 1. The molecule has 2 rings (SSSR count). The summed E-state index contributed by atoms with van der Waals surface area (Å²) in [6.07, 6.45) is 9.84. The zero-order valence-electron chi connectivity index (χ0n) is 7.33. The second-order valence-electron chi connectivity index (χ2n) is 3.62. The maximum atomic E-state index is 11.4. The van der Waals surface area contributed by atoms with Gasteiger partial charge in [-0.3, -0.25) is 4.79 Å². The van der Waals surface area contributed by atoms with Crippen molar-refractivity contribution >= 4 is 5.91 Å². The van der Waals surface area contributed by atoms with Gasteiger partial charge in [0.15, 0.2) is 0 Å². The molecule has 1 saturated heterocycles. The molecule has 0 aromatic carbocycles. The van der Waals surface area contributed by atoms with E-state index in [0.717, 1.165) is 19.4 Å². The summed E-state index contributed by atoms with van der Waals surface area (Å²) in [5, 5.41) is 0. The standard InChI is InChI=1S/C10H15NO/c12-10-7-4-8-11(10)9-5-2-1-3-6-9/h2,5,9H,1,3-4,6-8H2. The lowest BCUT2D eigenvalue weighted by Crippen LogP contribution is -2.35. The molecular weight excluding hydrogens is 150 g/mol. The Morgan fingerprint density at radius 1 is 1.42 bits per heavy atom. The summed E-state index contributed by atoms with van der Waals surface area (Å²) < 4.78 is 0. The molecule has 0 aromatic heterocycles. The van der Waals surface area contributed by atoms with Gasteiger partial charge < -0.3 is 4.90 Å². The van der Waals surface area contributed by atoms with Crippen LogP contribution < -0.4 is 0 Å². The largest absolute Gasteiger partial charge is 0.336 e. The van der Waals surface area contributed by atoms with E-state index in [-0.39, 0.29) is 0 Å². The molecule has 2 heteroatoms. The van der Waals surface area contributed by atoms with E-state index in [4.69, 9.17) is 0 Å². The molecule has 1 fully saturated rings. The average Bonchev–Trinajstić information content (AvgIpc) is 2.53. The van der Waals surface area contributed by atoms with Crippen molar-refractivity contribution in [3.05, 3.63) is 12.2 Å². The third-order valence-corrected chi connectivity index (χ3v) is 2.74. The highest BCUT2D eigenvalue weighted by Crippen LogP contribution is 2.21. The molecule has 12 heavy (non-hydrogen) atoms. The molecule has 0 radical (unpaired) electrons. The molecule has 1 unspecified atom stereocenters. The van der Waals surface area contributed by atoms with Gasteiger partial charge in [-0.2, -0.15) is 0 Å². The van der Waals surface area contributed by atoms with Gasteiger partial charge in [0.05, 0.1) is 0 Å². The number of hydrogen-bond donors (Lipinski definition) is 0. The summed E-state index contributed by atoms with van der Waals surface area (Å²) in [7, 11) is 0. The Balaban J connectivity index is 2.02. The van der Waals surface area contributed by atoms with E-state index in [1.54, 1.807) is 0 Å². The number of likely N-dealkylation sites (tertiary alicyclic amines) is 1. The maximum Gasteiger partial charge on any atom is 0.223 e. The monoisotopic (exact) mass is 165 g/mol. The van der Waals surface area contributed by atoms with Crippen LogP contribution in [-0.4, -0.2) is 23.4 Å². The summed E-state index contributed by atoms with van der Waals surface area (Å²) in [6, 6.07) is 0.425. The highest BCUT2D eigenvalue weighted by Gasteiger charge is 2.26. The first-order valence-corrected chi connectivity index (χ1v) is 4.84. The van der Waals surface area contributed by atoms with Crippen molar-refractivity contribution in [3.8, 4) is 0 Å². The molecule has 1 aliphatic heterocycles. The van der Waals surface area contributed by atoms with Crippen LogP contribution in [0.15, 0.2) is 12.2 Å². The van der Waals surface area contributed by atoms with Gasteiger partial charge in [-0.05, 0) is 25.7 Å². The van der Waals surface area contributed by atoms with Gasteiger partial charge in [0.2, 0.25) is 5.91 Å². The summed E-state index contributed by atoms with van der Waals surface area (Å²) in [5.74, 6) is 0.353. The fourth-order valence-corrected chi connectivity index (χ4v) is 2.07. The molecule has 0 saturated carbocycles. The minimum absolute atomic E-state index is 0.353. The van der Waals surface area contributed by atoms with Crippen LogP contribution in [0.4, 0.5) is 0 Å². The van der Waals surface area contributed by atoms with Crippen LogP contribution in [0.5, 0.6) is 0 Å². The van der Waals surface area contributed by atoms with Crippen LogP contribution in [-0.2, 0) is 4.79 Å². The second-order valence-corrected chi connectivity index (χ2v) is 3.62. The minimum Gasteiger partial charge on any atom is -0.336 e. The summed E-state index contributed by atoms with van der Waals surface area (Å²) in [6.45, 7) is 0.980. The molecule has 0 spiro atoms. The number of allylic oxidation sites excluding steroid dienone is 1. The average molecular weight is 165 g/mol. The number of rotatable bonds is 1. The van der Waals surface area contributed by atoms with E-state index in [2.05, 4.69) is 12.2 Å². The van der Waals surface area contributed by atoms with Gasteiger partial charge in [0.1, 0.15) is 0 Å². The Kier molecular flexibility index (Phi) is 2.15. The Morgan fingerprint density at radius 3 is 2.92 bits per heavy atom. The van der Waals surface area contributed by atoms with Crippen molar-refractivity contribution in [2.45, 2.75) is 38.1 Å². The van der Waals surface area contributed by atoms with Crippen molar-refractivity contribution in [2.24, 2.45) is 0 Å². The fourth-order valence-electron chi connectivity index (χ4n) is 2.07. The van der Waals surface area contributed by atoms with Crippen LogP contribution in [0, 0.1) is 0 Å². The first-order valence-electron chi connectivity index (χ1n) is 4.84. The Morgan fingerprint density at radius 2 is 2.33 bits per heavy atom.